The van der Waals surface area contributed by atoms with Gasteiger partial charge in [-0.15, -0.1) is 0 Å². The molecule has 0 unspecified atom stereocenters. The second-order valence-corrected chi connectivity index (χ2v) is 6.78. The number of carboxylic acids is 1. The highest BCUT2D eigenvalue weighted by atomic mass is 32.2. The van der Waals surface area contributed by atoms with Gasteiger partial charge >= 0.3 is 5.97 Å². The summed E-state index contributed by atoms with van der Waals surface area (Å²) in [6.45, 7) is 3.58. The van der Waals surface area contributed by atoms with Gasteiger partial charge in [0.1, 0.15) is 11.9 Å². The van der Waals surface area contributed by atoms with Gasteiger partial charge < -0.3 is 10.4 Å². The number of halogens is 1. The van der Waals surface area contributed by atoms with Crippen LogP contribution in [0.2, 0.25) is 0 Å². The smallest absolute Gasteiger partial charge is 0.326 e. The molecule has 112 valence electrons. The molecule has 0 fully saturated rings. The van der Waals surface area contributed by atoms with Crippen LogP contribution in [0.15, 0.2) is 23.1 Å². The lowest BCUT2D eigenvalue weighted by atomic mass is 9.99. The molecule has 0 aromatic heterocycles. The molecule has 0 saturated heterocycles. The minimum Gasteiger partial charge on any atom is -0.480 e. The Morgan fingerprint density at radius 2 is 2.05 bits per heavy atom. The van der Waals surface area contributed by atoms with E-state index < -0.39 is 27.7 Å². The first-order valence-corrected chi connectivity index (χ1v) is 8.05. The summed E-state index contributed by atoms with van der Waals surface area (Å²) >= 11 is 0. The molecule has 1 rings (SSSR count). The largest absolute Gasteiger partial charge is 0.480 e. The second kappa shape index (κ2) is 6.21. The zero-order valence-corrected chi connectivity index (χ0v) is 12.4. The van der Waals surface area contributed by atoms with E-state index in [1.807, 2.05) is 6.92 Å². The molecule has 1 aromatic rings. The van der Waals surface area contributed by atoms with Crippen molar-refractivity contribution in [1.29, 1.82) is 0 Å². The summed E-state index contributed by atoms with van der Waals surface area (Å²) < 4.78 is 36.5. The molecule has 20 heavy (non-hydrogen) atoms. The molecule has 2 N–H and O–H groups in total. The molecule has 0 saturated carbocycles. The molecular formula is C13H18FNO4S. The summed E-state index contributed by atoms with van der Waals surface area (Å²) in [6, 6.07) is 2.44. The third-order valence-electron chi connectivity index (χ3n) is 3.16. The predicted molar refractivity (Wildman–Crippen MR) is 74.0 cm³/mol. The van der Waals surface area contributed by atoms with Crippen LogP contribution in [0.25, 0.3) is 0 Å². The highest BCUT2D eigenvalue weighted by Gasteiger charge is 2.24. The van der Waals surface area contributed by atoms with Crippen LogP contribution in [0.4, 0.5) is 10.1 Å². The van der Waals surface area contributed by atoms with Crippen LogP contribution in [-0.2, 0) is 14.6 Å². The number of nitrogens with one attached hydrogen (secondary N) is 1. The zero-order valence-electron chi connectivity index (χ0n) is 11.6. The summed E-state index contributed by atoms with van der Waals surface area (Å²) in [6.07, 6.45) is 1.60. The Morgan fingerprint density at radius 1 is 1.45 bits per heavy atom. The molecule has 7 heteroatoms. The number of hydrogen-bond donors (Lipinski definition) is 2. The van der Waals surface area contributed by atoms with E-state index >= 15 is 0 Å². The van der Waals surface area contributed by atoms with Crippen molar-refractivity contribution in [3.05, 3.63) is 24.0 Å². The average molecular weight is 303 g/mol. The van der Waals surface area contributed by atoms with E-state index in [9.17, 15) is 17.6 Å². The molecule has 0 radical (unpaired) electrons. The number of hydrogen-bond acceptors (Lipinski definition) is 4. The minimum absolute atomic E-state index is 0.0231. The average Bonchev–Trinajstić information content (AvgIpc) is 2.34. The highest BCUT2D eigenvalue weighted by Crippen LogP contribution is 2.22. The van der Waals surface area contributed by atoms with Crippen LogP contribution < -0.4 is 5.32 Å². The molecule has 2 atom stereocenters. The van der Waals surface area contributed by atoms with E-state index in [4.69, 9.17) is 5.11 Å². The van der Waals surface area contributed by atoms with Crippen LogP contribution in [0, 0.1) is 11.7 Å². The fraction of sp³-hybridized carbons (Fsp3) is 0.462. The second-order valence-electron chi connectivity index (χ2n) is 4.76. The van der Waals surface area contributed by atoms with Gasteiger partial charge in [-0.25, -0.2) is 17.6 Å². The van der Waals surface area contributed by atoms with Gasteiger partial charge in [-0.05, 0) is 24.1 Å². The number of carbonyl (C=O) groups is 1. The number of aliphatic carboxylic acids is 1. The highest BCUT2D eigenvalue weighted by molar-refractivity contribution is 7.90. The lowest BCUT2D eigenvalue weighted by Gasteiger charge is -2.21. The molecule has 1 aromatic carbocycles. The standard InChI is InChI=1S/C13H18FNO4S/c1-4-8(2)12(13(16)17)15-11-6-5-9(7-10(11)14)20(3,18)19/h5-8,12,15H,4H2,1-3H3,(H,16,17)/t8-,12-/m0/s1. The number of sulfone groups is 1. The van der Waals surface area contributed by atoms with E-state index in [0.29, 0.717) is 6.42 Å². The van der Waals surface area contributed by atoms with Crippen molar-refractivity contribution in [3.8, 4) is 0 Å². The van der Waals surface area contributed by atoms with Gasteiger partial charge in [0.2, 0.25) is 0 Å². The van der Waals surface area contributed by atoms with Gasteiger partial charge in [0.15, 0.2) is 9.84 Å². The number of rotatable bonds is 6. The SMILES string of the molecule is CC[C@H](C)[C@H](Nc1ccc(S(C)(=O)=O)cc1F)C(=O)O. The van der Waals surface area contributed by atoms with Crippen molar-refractivity contribution in [2.45, 2.75) is 31.2 Å². The zero-order chi connectivity index (χ0) is 15.5. The topological polar surface area (TPSA) is 83.5 Å². The van der Waals surface area contributed by atoms with Crippen molar-refractivity contribution in [3.63, 3.8) is 0 Å². The van der Waals surface area contributed by atoms with Crippen LogP contribution in [0.1, 0.15) is 20.3 Å². The lowest BCUT2D eigenvalue weighted by Crippen LogP contribution is -2.35. The predicted octanol–water partition coefficient (Wildman–Crippen LogP) is 2.14. The van der Waals surface area contributed by atoms with E-state index in [0.717, 1.165) is 12.3 Å². The fourth-order valence-corrected chi connectivity index (χ4v) is 2.33. The van der Waals surface area contributed by atoms with Crippen molar-refractivity contribution in [2.24, 2.45) is 5.92 Å². The van der Waals surface area contributed by atoms with Gasteiger partial charge in [-0.3, -0.25) is 0 Å². The van der Waals surface area contributed by atoms with Crippen LogP contribution in [-0.4, -0.2) is 31.8 Å². The van der Waals surface area contributed by atoms with Crippen molar-refractivity contribution < 1.29 is 22.7 Å². The van der Waals surface area contributed by atoms with Crippen LogP contribution in [0.3, 0.4) is 0 Å². The third-order valence-corrected chi connectivity index (χ3v) is 4.27. The molecule has 0 aliphatic rings. The summed E-state index contributed by atoms with van der Waals surface area (Å²) in [5.41, 5.74) is -0.0231. The van der Waals surface area contributed by atoms with Crippen molar-refractivity contribution >= 4 is 21.5 Å². The van der Waals surface area contributed by atoms with Crippen LogP contribution >= 0.6 is 0 Å². The Balaban J connectivity index is 3.06. The molecule has 5 nitrogen and oxygen atoms in total. The summed E-state index contributed by atoms with van der Waals surface area (Å²) in [5, 5.41) is 11.7. The first-order valence-electron chi connectivity index (χ1n) is 6.15. The van der Waals surface area contributed by atoms with E-state index in [-0.39, 0.29) is 16.5 Å². The minimum atomic E-state index is -3.49. The monoisotopic (exact) mass is 303 g/mol. The molecule has 0 spiro atoms. The maximum Gasteiger partial charge on any atom is 0.326 e. The van der Waals surface area contributed by atoms with Gasteiger partial charge in [-0.2, -0.15) is 0 Å². The Morgan fingerprint density at radius 3 is 2.45 bits per heavy atom. The maximum atomic E-state index is 13.9. The maximum absolute atomic E-state index is 13.9. The molecular weight excluding hydrogens is 285 g/mol. The molecule has 0 bridgehead atoms. The third kappa shape index (κ3) is 3.93. The van der Waals surface area contributed by atoms with Gasteiger partial charge in [0.25, 0.3) is 0 Å². The first kappa shape index (κ1) is 16.4. The van der Waals surface area contributed by atoms with E-state index in [1.54, 1.807) is 6.92 Å². The van der Waals surface area contributed by atoms with Gasteiger partial charge in [0.05, 0.1) is 10.6 Å². The van der Waals surface area contributed by atoms with Gasteiger partial charge in [0, 0.05) is 6.26 Å². The van der Waals surface area contributed by atoms with Crippen molar-refractivity contribution in [2.75, 3.05) is 11.6 Å². The number of anilines is 1. The normalized spacial score (nSPS) is 14.6. The van der Waals surface area contributed by atoms with Gasteiger partial charge in [-0.1, -0.05) is 20.3 Å². The fourth-order valence-electron chi connectivity index (χ4n) is 1.69. The Kier molecular flexibility index (Phi) is 5.10. The van der Waals surface area contributed by atoms with Crippen molar-refractivity contribution in [1.82, 2.24) is 0 Å². The Hall–Kier alpha value is -1.63. The Bertz CT molecular complexity index is 600. The van der Waals surface area contributed by atoms with E-state index in [1.165, 1.54) is 12.1 Å². The molecule has 0 aliphatic carbocycles. The lowest BCUT2D eigenvalue weighted by molar-refractivity contribution is -0.139. The first-order chi connectivity index (χ1) is 9.16. The van der Waals surface area contributed by atoms with E-state index in [2.05, 4.69) is 5.32 Å². The quantitative estimate of drug-likeness (QED) is 0.841. The summed E-state index contributed by atoms with van der Waals surface area (Å²) in [4.78, 5) is 11.0. The molecule has 0 heterocycles. The Labute approximate surface area is 117 Å². The molecule has 0 aliphatic heterocycles. The number of benzene rings is 1. The number of carboxylic acid groups (broad SMARTS) is 1. The summed E-state index contributed by atoms with van der Waals surface area (Å²) in [5.74, 6) is -2.06. The summed E-state index contributed by atoms with van der Waals surface area (Å²) in [7, 11) is -3.49. The molecule has 0 amide bonds. The van der Waals surface area contributed by atoms with Crippen LogP contribution in [0.5, 0.6) is 0 Å².